The molecule has 2 N–H and O–H groups in total. The zero-order valence-corrected chi connectivity index (χ0v) is 13.6. The quantitative estimate of drug-likeness (QED) is 0.878. The minimum Gasteiger partial charge on any atom is -0.486 e. The van der Waals surface area contributed by atoms with E-state index in [0.29, 0.717) is 25.3 Å². The average molecular weight is 304 g/mol. The number of ether oxygens (including phenoxy) is 2. The summed E-state index contributed by atoms with van der Waals surface area (Å²) in [6.07, 6.45) is 6.59. The topological polar surface area (TPSA) is 42.5 Å². The summed E-state index contributed by atoms with van der Waals surface area (Å²) in [5.41, 5.74) is 1.25. The third-order valence-electron chi connectivity index (χ3n) is 4.56. The van der Waals surface area contributed by atoms with Crippen LogP contribution in [0.2, 0.25) is 0 Å². The zero-order chi connectivity index (χ0) is 15.2. The highest BCUT2D eigenvalue weighted by molar-refractivity contribution is 5.43. The summed E-state index contributed by atoms with van der Waals surface area (Å²) in [5, 5.41) is 7.31. The molecule has 2 aliphatic heterocycles. The van der Waals surface area contributed by atoms with Crippen LogP contribution in [0.5, 0.6) is 11.5 Å². The Morgan fingerprint density at radius 3 is 2.95 bits per heavy atom. The van der Waals surface area contributed by atoms with E-state index in [4.69, 9.17) is 9.47 Å². The van der Waals surface area contributed by atoms with Gasteiger partial charge in [-0.05, 0) is 50.4 Å². The lowest BCUT2D eigenvalue weighted by Crippen LogP contribution is -2.36. The van der Waals surface area contributed by atoms with E-state index in [-0.39, 0.29) is 0 Å². The van der Waals surface area contributed by atoms with Crippen molar-refractivity contribution < 1.29 is 9.47 Å². The van der Waals surface area contributed by atoms with Gasteiger partial charge in [-0.2, -0.15) is 0 Å². The van der Waals surface area contributed by atoms with Gasteiger partial charge in [-0.3, -0.25) is 0 Å². The molecule has 122 valence electrons. The van der Waals surface area contributed by atoms with Gasteiger partial charge in [0.2, 0.25) is 0 Å². The number of nitrogens with one attached hydrogen (secondary N) is 2. The monoisotopic (exact) mass is 304 g/mol. The predicted octanol–water partition coefficient (Wildman–Crippen LogP) is 2.86. The summed E-state index contributed by atoms with van der Waals surface area (Å²) >= 11 is 0. The molecule has 0 amide bonds. The summed E-state index contributed by atoms with van der Waals surface area (Å²) in [6.45, 7) is 5.64. The highest BCUT2D eigenvalue weighted by Crippen LogP contribution is 2.30. The number of benzene rings is 1. The SMILES string of the molecule is CC(CC1CCCCCN1)NCc1ccc2c(c1)OCCO2. The zero-order valence-electron chi connectivity index (χ0n) is 13.6. The Balaban J connectivity index is 1.47. The van der Waals surface area contributed by atoms with E-state index in [0.717, 1.165) is 18.0 Å². The number of hydrogen-bond acceptors (Lipinski definition) is 4. The van der Waals surface area contributed by atoms with Crippen LogP contribution in [0, 0.1) is 0 Å². The molecule has 0 bridgehead atoms. The van der Waals surface area contributed by atoms with Crippen molar-refractivity contribution in [1.29, 1.82) is 0 Å². The van der Waals surface area contributed by atoms with E-state index < -0.39 is 0 Å². The second kappa shape index (κ2) is 7.84. The van der Waals surface area contributed by atoms with E-state index in [9.17, 15) is 0 Å². The Kier molecular flexibility index (Phi) is 5.57. The molecule has 2 heterocycles. The fourth-order valence-electron chi connectivity index (χ4n) is 3.30. The molecule has 2 unspecified atom stereocenters. The minimum atomic E-state index is 0.517. The molecule has 1 saturated heterocycles. The van der Waals surface area contributed by atoms with Crippen LogP contribution in [0.4, 0.5) is 0 Å². The maximum absolute atomic E-state index is 5.64. The highest BCUT2D eigenvalue weighted by atomic mass is 16.6. The average Bonchev–Trinajstić information content (AvgIpc) is 2.81. The standard InChI is InChI=1S/C18H28N2O2/c1-14(11-16-5-3-2-4-8-19-16)20-13-15-6-7-17-18(12-15)22-10-9-21-17/h6-7,12,14,16,19-20H,2-5,8-11,13H2,1H3. The first kappa shape index (κ1) is 15.6. The van der Waals surface area contributed by atoms with Gasteiger partial charge in [-0.25, -0.2) is 0 Å². The fraction of sp³-hybridized carbons (Fsp3) is 0.667. The van der Waals surface area contributed by atoms with Crippen molar-refractivity contribution in [3.05, 3.63) is 23.8 Å². The van der Waals surface area contributed by atoms with Crippen molar-refractivity contribution in [3.63, 3.8) is 0 Å². The van der Waals surface area contributed by atoms with Gasteiger partial charge in [0.05, 0.1) is 0 Å². The molecule has 2 atom stereocenters. The fourth-order valence-corrected chi connectivity index (χ4v) is 3.30. The lowest BCUT2D eigenvalue weighted by molar-refractivity contribution is 0.171. The minimum absolute atomic E-state index is 0.517. The van der Waals surface area contributed by atoms with Crippen molar-refractivity contribution in [2.45, 2.75) is 57.7 Å². The Morgan fingerprint density at radius 1 is 1.18 bits per heavy atom. The predicted molar refractivity (Wildman–Crippen MR) is 88.6 cm³/mol. The molecular formula is C18H28N2O2. The molecule has 4 nitrogen and oxygen atoms in total. The molecule has 0 aromatic heterocycles. The van der Waals surface area contributed by atoms with Crippen molar-refractivity contribution in [2.24, 2.45) is 0 Å². The normalized spacial score (nSPS) is 22.9. The van der Waals surface area contributed by atoms with Gasteiger partial charge >= 0.3 is 0 Å². The Bertz CT molecular complexity index is 470. The summed E-state index contributed by atoms with van der Waals surface area (Å²) in [5.74, 6) is 1.74. The van der Waals surface area contributed by atoms with Crippen LogP contribution in [0.25, 0.3) is 0 Å². The summed E-state index contributed by atoms with van der Waals surface area (Å²) < 4.78 is 11.2. The number of fused-ring (bicyclic) bond motifs is 1. The van der Waals surface area contributed by atoms with Crippen molar-refractivity contribution in [1.82, 2.24) is 10.6 Å². The summed E-state index contributed by atoms with van der Waals surface area (Å²) in [6, 6.07) is 7.42. The maximum Gasteiger partial charge on any atom is 0.161 e. The Hall–Kier alpha value is -1.26. The van der Waals surface area contributed by atoms with Crippen molar-refractivity contribution in [2.75, 3.05) is 19.8 Å². The third-order valence-corrected chi connectivity index (χ3v) is 4.56. The Morgan fingerprint density at radius 2 is 2.05 bits per heavy atom. The van der Waals surface area contributed by atoms with Gasteiger partial charge in [-0.1, -0.05) is 18.9 Å². The van der Waals surface area contributed by atoms with Gasteiger partial charge in [0.1, 0.15) is 13.2 Å². The van der Waals surface area contributed by atoms with Crippen LogP contribution in [0.3, 0.4) is 0 Å². The van der Waals surface area contributed by atoms with Gasteiger partial charge in [0.25, 0.3) is 0 Å². The van der Waals surface area contributed by atoms with E-state index in [2.05, 4.69) is 29.7 Å². The molecule has 1 fully saturated rings. The van der Waals surface area contributed by atoms with Crippen LogP contribution in [-0.4, -0.2) is 31.8 Å². The molecule has 22 heavy (non-hydrogen) atoms. The molecular weight excluding hydrogens is 276 g/mol. The largest absolute Gasteiger partial charge is 0.486 e. The molecule has 0 radical (unpaired) electrons. The van der Waals surface area contributed by atoms with Gasteiger partial charge < -0.3 is 20.1 Å². The first-order valence-corrected chi connectivity index (χ1v) is 8.66. The molecule has 1 aromatic rings. The molecule has 4 heteroatoms. The molecule has 1 aromatic carbocycles. The van der Waals surface area contributed by atoms with E-state index in [1.165, 1.54) is 44.2 Å². The van der Waals surface area contributed by atoms with Gasteiger partial charge in [0, 0.05) is 18.6 Å². The first-order chi connectivity index (χ1) is 10.8. The van der Waals surface area contributed by atoms with Crippen LogP contribution in [0.1, 0.15) is 44.6 Å². The van der Waals surface area contributed by atoms with Gasteiger partial charge in [-0.15, -0.1) is 0 Å². The molecule has 0 saturated carbocycles. The molecule has 3 rings (SSSR count). The van der Waals surface area contributed by atoms with Gasteiger partial charge in [0.15, 0.2) is 11.5 Å². The third kappa shape index (κ3) is 4.37. The molecule has 0 spiro atoms. The second-order valence-corrected chi connectivity index (χ2v) is 6.50. The van der Waals surface area contributed by atoms with Crippen molar-refractivity contribution >= 4 is 0 Å². The number of rotatable bonds is 5. The van der Waals surface area contributed by atoms with Crippen LogP contribution >= 0.6 is 0 Å². The van der Waals surface area contributed by atoms with E-state index >= 15 is 0 Å². The van der Waals surface area contributed by atoms with E-state index in [1.54, 1.807) is 0 Å². The van der Waals surface area contributed by atoms with Crippen LogP contribution in [-0.2, 0) is 6.54 Å². The smallest absolute Gasteiger partial charge is 0.161 e. The first-order valence-electron chi connectivity index (χ1n) is 8.66. The van der Waals surface area contributed by atoms with E-state index in [1.807, 2.05) is 6.07 Å². The lowest BCUT2D eigenvalue weighted by Gasteiger charge is -2.22. The number of hydrogen-bond donors (Lipinski definition) is 2. The maximum atomic E-state index is 5.64. The van der Waals surface area contributed by atoms with Crippen LogP contribution in [0.15, 0.2) is 18.2 Å². The van der Waals surface area contributed by atoms with Crippen molar-refractivity contribution in [3.8, 4) is 11.5 Å². The molecule has 0 aliphatic carbocycles. The molecule has 2 aliphatic rings. The summed E-state index contributed by atoms with van der Waals surface area (Å²) in [7, 11) is 0. The summed E-state index contributed by atoms with van der Waals surface area (Å²) in [4.78, 5) is 0. The highest BCUT2D eigenvalue weighted by Gasteiger charge is 2.15. The lowest BCUT2D eigenvalue weighted by atomic mass is 10.0. The van der Waals surface area contributed by atoms with Crippen LogP contribution < -0.4 is 20.1 Å². The second-order valence-electron chi connectivity index (χ2n) is 6.50. The Labute approximate surface area is 133 Å².